The van der Waals surface area contributed by atoms with Gasteiger partial charge in [-0.1, -0.05) is 6.58 Å². The van der Waals surface area contributed by atoms with Crippen LogP contribution >= 0.6 is 0 Å². The van der Waals surface area contributed by atoms with Crippen LogP contribution in [0.1, 0.15) is 5.69 Å². The van der Waals surface area contributed by atoms with Crippen LogP contribution in [0.25, 0.3) is 12.5 Å². The summed E-state index contributed by atoms with van der Waals surface area (Å²) < 4.78 is 11.6. The molecule has 4 rings (SSSR count). The minimum atomic E-state index is 0.132. The third-order valence-electron chi connectivity index (χ3n) is 3.69. The Balaban J connectivity index is 1.52. The fraction of sp³-hybridized carbons (Fsp3) is 0.0526. The molecule has 25 heavy (non-hydrogen) atoms. The molecule has 0 saturated heterocycles. The standard InChI is InChI=1S/C19H15N3O3/c1-12-2-3-13(9-20-12)19-22-17-8-16(6-7-18(17)25-19)24-11-14-4-5-15(23)10-21-14/h2-10,22-23H,1,11H2/b19-13+. The Hall–Kier alpha value is -3.54. The predicted octanol–water partition coefficient (Wildman–Crippen LogP) is 1.74. The summed E-state index contributed by atoms with van der Waals surface area (Å²) in [5.74, 6) is 2.17. The number of hydrogen-bond acceptors (Lipinski definition) is 6. The monoisotopic (exact) mass is 333 g/mol. The maximum absolute atomic E-state index is 9.25. The van der Waals surface area contributed by atoms with Crippen LogP contribution in [0.5, 0.6) is 17.2 Å². The number of aromatic hydroxyl groups is 1. The molecule has 1 aromatic carbocycles. The van der Waals surface area contributed by atoms with Gasteiger partial charge in [0.2, 0.25) is 5.88 Å². The molecule has 2 aromatic heterocycles. The second-order valence-electron chi connectivity index (χ2n) is 5.55. The molecule has 0 saturated carbocycles. The molecular weight excluding hydrogens is 318 g/mol. The Morgan fingerprint density at radius 1 is 1.08 bits per heavy atom. The number of benzene rings is 1. The van der Waals surface area contributed by atoms with Gasteiger partial charge in [0.1, 0.15) is 18.1 Å². The molecule has 0 bridgehead atoms. The van der Waals surface area contributed by atoms with Crippen LogP contribution in [0.4, 0.5) is 5.69 Å². The molecule has 6 nitrogen and oxygen atoms in total. The topological polar surface area (TPSA) is 76.5 Å². The maximum atomic E-state index is 9.25. The zero-order valence-electron chi connectivity index (χ0n) is 13.3. The van der Waals surface area contributed by atoms with Crippen LogP contribution in [-0.2, 0) is 6.61 Å². The Kier molecular flexibility index (Phi) is 3.70. The fourth-order valence-corrected chi connectivity index (χ4v) is 2.39. The van der Waals surface area contributed by atoms with E-state index < -0.39 is 0 Å². The minimum Gasteiger partial charge on any atom is -0.506 e. The van der Waals surface area contributed by atoms with Crippen molar-refractivity contribution in [2.24, 2.45) is 0 Å². The number of nitrogens with zero attached hydrogens (tertiary/aromatic N) is 2. The zero-order valence-corrected chi connectivity index (χ0v) is 13.3. The first-order valence-corrected chi connectivity index (χ1v) is 7.68. The Morgan fingerprint density at radius 2 is 2.00 bits per heavy atom. The normalized spacial score (nSPS) is 14.4. The Morgan fingerprint density at radius 3 is 2.76 bits per heavy atom. The number of pyridine rings is 2. The van der Waals surface area contributed by atoms with Crippen LogP contribution < -0.4 is 25.4 Å². The van der Waals surface area contributed by atoms with Gasteiger partial charge < -0.3 is 19.9 Å². The van der Waals surface area contributed by atoms with Crippen molar-refractivity contribution in [2.75, 3.05) is 5.32 Å². The summed E-state index contributed by atoms with van der Waals surface area (Å²) in [6, 6.07) is 12.6. The lowest BCUT2D eigenvalue weighted by atomic mass is 10.3. The lowest BCUT2D eigenvalue weighted by Gasteiger charge is -2.06. The lowest BCUT2D eigenvalue weighted by Crippen LogP contribution is -2.17. The summed E-state index contributed by atoms with van der Waals surface area (Å²) in [6.07, 6.45) is 3.10. The molecule has 0 fully saturated rings. The smallest absolute Gasteiger partial charge is 0.206 e. The van der Waals surface area contributed by atoms with Crippen LogP contribution in [0, 0.1) is 0 Å². The first-order chi connectivity index (χ1) is 12.2. The number of nitrogens with one attached hydrogen (secondary N) is 1. The highest BCUT2D eigenvalue weighted by molar-refractivity contribution is 5.75. The third kappa shape index (κ3) is 3.23. The van der Waals surface area contributed by atoms with E-state index in [1.807, 2.05) is 30.3 Å². The predicted molar refractivity (Wildman–Crippen MR) is 93.3 cm³/mol. The van der Waals surface area contributed by atoms with Gasteiger partial charge in [0, 0.05) is 12.3 Å². The Bertz CT molecular complexity index is 1010. The fourth-order valence-electron chi connectivity index (χ4n) is 2.39. The van der Waals surface area contributed by atoms with Crippen LogP contribution in [0.3, 0.4) is 0 Å². The van der Waals surface area contributed by atoms with Crippen LogP contribution in [0.15, 0.2) is 54.9 Å². The molecule has 124 valence electrons. The van der Waals surface area contributed by atoms with Crippen molar-refractivity contribution in [1.29, 1.82) is 0 Å². The molecule has 1 aliphatic heterocycles. The maximum Gasteiger partial charge on any atom is 0.206 e. The summed E-state index contributed by atoms with van der Waals surface area (Å²) in [6.45, 7) is 4.08. The average Bonchev–Trinajstić information content (AvgIpc) is 3.05. The van der Waals surface area contributed by atoms with Gasteiger partial charge >= 0.3 is 0 Å². The second kappa shape index (κ2) is 6.16. The SMILES string of the molecule is C=c1cc/c(=C2/Nc3cc(OCc4ccc(O)cn4)ccc3O2)cn1. The molecule has 6 heteroatoms. The van der Waals surface area contributed by atoms with E-state index in [2.05, 4.69) is 21.9 Å². The van der Waals surface area contributed by atoms with Gasteiger partial charge in [0.25, 0.3) is 0 Å². The van der Waals surface area contributed by atoms with Crippen LogP contribution in [-0.4, -0.2) is 15.1 Å². The minimum absolute atomic E-state index is 0.132. The summed E-state index contributed by atoms with van der Waals surface area (Å²) in [4.78, 5) is 8.27. The third-order valence-corrected chi connectivity index (χ3v) is 3.69. The van der Waals surface area contributed by atoms with E-state index in [4.69, 9.17) is 9.47 Å². The van der Waals surface area contributed by atoms with Gasteiger partial charge in [-0.25, -0.2) is 0 Å². The quantitative estimate of drug-likeness (QED) is 0.760. The van der Waals surface area contributed by atoms with Crippen molar-refractivity contribution in [3.05, 3.63) is 71.1 Å². The molecule has 0 atom stereocenters. The van der Waals surface area contributed by atoms with Crippen molar-refractivity contribution in [3.63, 3.8) is 0 Å². The number of aromatic nitrogens is 2. The number of rotatable bonds is 3. The number of fused-ring (bicyclic) bond motifs is 1. The average molecular weight is 333 g/mol. The zero-order chi connectivity index (χ0) is 17.2. The summed E-state index contributed by atoms with van der Waals surface area (Å²) >= 11 is 0. The molecule has 3 heterocycles. The molecule has 2 N–H and O–H groups in total. The number of hydrogen-bond donors (Lipinski definition) is 2. The molecule has 0 aliphatic carbocycles. The first kappa shape index (κ1) is 15.0. The highest BCUT2D eigenvalue weighted by Gasteiger charge is 2.18. The lowest BCUT2D eigenvalue weighted by molar-refractivity contribution is 0.301. The molecule has 0 radical (unpaired) electrons. The van der Waals surface area contributed by atoms with Crippen molar-refractivity contribution in [3.8, 4) is 17.2 Å². The van der Waals surface area contributed by atoms with Gasteiger partial charge in [-0.05, 0) is 36.4 Å². The van der Waals surface area contributed by atoms with E-state index in [9.17, 15) is 5.11 Å². The first-order valence-electron chi connectivity index (χ1n) is 7.68. The van der Waals surface area contributed by atoms with Crippen molar-refractivity contribution in [2.45, 2.75) is 6.61 Å². The van der Waals surface area contributed by atoms with Crippen LogP contribution in [0.2, 0.25) is 0 Å². The van der Waals surface area contributed by atoms with E-state index >= 15 is 0 Å². The molecule has 0 unspecified atom stereocenters. The molecule has 0 amide bonds. The summed E-state index contributed by atoms with van der Waals surface area (Å²) in [5, 5.41) is 14.0. The van der Waals surface area contributed by atoms with E-state index in [1.165, 1.54) is 6.20 Å². The van der Waals surface area contributed by atoms with E-state index in [0.717, 1.165) is 22.3 Å². The highest BCUT2D eigenvalue weighted by atomic mass is 16.5. The van der Waals surface area contributed by atoms with E-state index in [-0.39, 0.29) is 5.75 Å². The van der Waals surface area contributed by atoms with E-state index in [1.54, 1.807) is 18.3 Å². The summed E-state index contributed by atoms with van der Waals surface area (Å²) in [5.41, 5.74) is 1.55. The Labute approximate surface area is 143 Å². The number of ether oxygens (including phenoxy) is 2. The van der Waals surface area contributed by atoms with Crippen molar-refractivity contribution < 1.29 is 14.6 Å². The van der Waals surface area contributed by atoms with Gasteiger partial charge in [0.15, 0.2) is 5.75 Å². The van der Waals surface area contributed by atoms with Gasteiger partial charge in [0.05, 0.1) is 28.1 Å². The highest BCUT2D eigenvalue weighted by Crippen LogP contribution is 2.36. The van der Waals surface area contributed by atoms with Crippen molar-refractivity contribution >= 4 is 18.1 Å². The molecule has 0 spiro atoms. The summed E-state index contributed by atoms with van der Waals surface area (Å²) in [7, 11) is 0. The van der Waals surface area contributed by atoms with Gasteiger partial charge in [-0.2, -0.15) is 0 Å². The van der Waals surface area contributed by atoms with Gasteiger partial charge in [-0.15, -0.1) is 0 Å². The van der Waals surface area contributed by atoms with Gasteiger partial charge in [-0.3, -0.25) is 9.97 Å². The number of anilines is 1. The second-order valence-corrected chi connectivity index (χ2v) is 5.55. The molecular formula is C19H15N3O3. The van der Waals surface area contributed by atoms with E-state index in [0.29, 0.717) is 23.6 Å². The molecule has 1 aliphatic rings. The molecule has 3 aromatic rings. The van der Waals surface area contributed by atoms with Crippen molar-refractivity contribution in [1.82, 2.24) is 9.97 Å². The largest absolute Gasteiger partial charge is 0.506 e.